The quantitative estimate of drug-likeness (QED) is 0.613. The lowest BCUT2D eigenvalue weighted by molar-refractivity contribution is 1.06. The van der Waals surface area contributed by atoms with Crippen LogP contribution in [-0.2, 0) is 6.42 Å². The molecule has 0 aromatic carbocycles. The number of nitrogens with one attached hydrogen (secondary N) is 1. The van der Waals surface area contributed by atoms with Gasteiger partial charge in [0.15, 0.2) is 0 Å². The summed E-state index contributed by atoms with van der Waals surface area (Å²) in [7, 11) is 0. The van der Waals surface area contributed by atoms with E-state index >= 15 is 0 Å². The first-order valence-electron chi connectivity index (χ1n) is 3.43. The maximum absolute atomic E-state index is 5.08. The molecule has 10 heavy (non-hydrogen) atoms. The van der Waals surface area contributed by atoms with Crippen molar-refractivity contribution in [3.8, 4) is 0 Å². The summed E-state index contributed by atoms with van der Waals surface area (Å²) in [4.78, 5) is 3.10. The number of H-pyrrole nitrogens is 1. The van der Waals surface area contributed by atoms with Crippen LogP contribution < -0.4 is 0 Å². The maximum atomic E-state index is 5.08. The van der Waals surface area contributed by atoms with Gasteiger partial charge in [-0.2, -0.15) is 0 Å². The lowest BCUT2D eigenvalue weighted by Crippen LogP contribution is -1.87. The molecule has 1 heterocycles. The zero-order valence-electron chi connectivity index (χ0n) is 6.27. The van der Waals surface area contributed by atoms with Gasteiger partial charge in [-0.25, -0.2) is 0 Å². The number of hydrogen-bond acceptors (Lipinski definition) is 1. The zero-order chi connectivity index (χ0) is 7.56. The van der Waals surface area contributed by atoms with E-state index in [-0.39, 0.29) is 0 Å². The molecule has 0 atom stereocenters. The first-order valence-corrected chi connectivity index (χ1v) is 3.83. The van der Waals surface area contributed by atoms with E-state index < -0.39 is 0 Å². The van der Waals surface area contributed by atoms with Crippen LogP contribution in [0.2, 0.25) is 0 Å². The van der Waals surface area contributed by atoms with Crippen molar-refractivity contribution < 1.29 is 0 Å². The van der Waals surface area contributed by atoms with Gasteiger partial charge in [0, 0.05) is 5.69 Å². The van der Waals surface area contributed by atoms with Crippen molar-refractivity contribution in [3.05, 3.63) is 28.0 Å². The molecule has 0 aliphatic carbocycles. The number of aromatic amines is 1. The van der Waals surface area contributed by atoms with Gasteiger partial charge in [0.05, 0.1) is 0 Å². The summed E-state index contributed by atoms with van der Waals surface area (Å²) in [5.41, 5.74) is 2.35. The number of aryl methyl sites for hydroxylation is 2. The van der Waals surface area contributed by atoms with Gasteiger partial charge in [-0.15, -0.1) is 0 Å². The fourth-order valence-electron chi connectivity index (χ4n) is 0.881. The Bertz CT molecular complexity index is 275. The SMILES string of the molecule is CCc1ccc(C)[nH]c1=S. The molecule has 0 amide bonds. The van der Waals surface area contributed by atoms with Gasteiger partial charge < -0.3 is 4.98 Å². The highest BCUT2D eigenvalue weighted by Crippen LogP contribution is 2.02. The summed E-state index contributed by atoms with van der Waals surface area (Å²) in [6.45, 7) is 4.11. The number of pyridine rings is 1. The summed E-state index contributed by atoms with van der Waals surface area (Å²) in [5.74, 6) is 0. The van der Waals surface area contributed by atoms with Gasteiger partial charge in [0.2, 0.25) is 0 Å². The highest BCUT2D eigenvalue weighted by Gasteiger charge is 1.90. The summed E-state index contributed by atoms with van der Waals surface area (Å²) >= 11 is 5.08. The van der Waals surface area contributed by atoms with Crippen molar-refractivity contribution >= 4 is 12.2 Å². The predicted octanol–water partition coefficient (Wildman–Crippen LogP) is 2.62. The van der Waals surface area contributed by atoms with E-state index in [0.29, 0.717) is 0 Å². The Morgan fingerprint density at radius 1 is 1.50 bits per heavy atom. The van der Waals surface area contributed by atoms with Crippen LogP contribution in [0.15, 0.2) is 12.1 Å². The van der Waals surface area contributed by atoms with Crippen LogP contribution in [0.5, 0.6) is 0 Å². The molecule has 0 spiro atoms. The second-order valence-corrected chi connectivity index (χ2v) is 2.76. The van der Waals surface area contributed by atoms with Gasteiger partial charge in [0.1, 0.15) is 4.64 Å². The van der Waals surface area contributed by atoms with Gasteiger partial charge >= 0.3 is 0 Å². The molecule has 0 bridgehead atoms. The van der Waals surface area contributed by atoms with E-state index in [9.17, 15) is 0 Å². The van der Waals surface area contributed by atoms with Crippen LogP contribution >= 0.6 is 12.2 Å². The summed E-state index contributed by atoms with van der Waals surface area (Å²) in [6, 6.07) is 4.13. The van der Waals surface area contributed by atoms with Crippen LogP contribution in [0, 0.1) is 11.6 Å². The van der Waals surface area contributed by atoms with Crippen molar-refractivity contribution in [1.82, 2.24) is 4.98 Å². The summed E-state index contributed by atoms with van der Waals surface area (Å²) < 4.78 is 0.877. The van der Waals surface area contributed by atoms with Crippen LogP contribution in [-0.4, -0.2) is 4.98 Å². The third-order valence-electron chi connectivity index (χ3n) is 1.52. The molecular weight excluding hydrogens is 142 g/mol. The first kappa shape index (κ1) is 7.48. The largest absolute Gasteiger partial charge is 0.350 e. The molecule has 1 rings (SSSR count). The Kier molecular flexibility index (Phi) is 2.22. The van der Waals surface area contributed by atoms with Crippen molar-refractivity contribution in [2.75, 3.05) is 0 Å². The number of rotatable bonds is 1. The minimum absolute atomic E-state index is 0.877. The molecule has 0 saturated heterocycles. The first-order chi connectivity index (χ1) is 4.74. The molecule has 2 heteroatoms. The van der Waals surface area contributed by atoms with E-state index in [2.05, 4.69) is 24.0 Å². The standard InChI is InChI=1S/C8H11NS/c1-3-7-5-4-6(2)9-8(7)10/h4-5H,3H2,1-2H3,(H,9,10). The third-order valence-corrected chi connectivity index (χ3v) is 1.88. The molecule has 0 fully saturated rings. The molecule has 0 saturated carbocycles. The monoisotopic (exact) mass is 153 g/mol. The smallest absolute Gasteiger partial charge is 0.106 e. The topological polar surface area (TPSA) is 15.8 Å². The van der Waals surface area contributed by atoms with Crippen molar-refractivity contribution in [2.24, 2.45) is 0 Å². The number of hydrogen-bond donors (Lipinski definition) is 1. The van der Waals surface area contributed by atoms with Gasteiger partial charge in [0.25, 0.3) is 0 Å². The molecule has 0 radical (unpaired) electrons. The van der Waals surface area contributed by atoms with Crippen LogP contribution in [0.25, 0.3) is 0 Å². The van der Waals surface area contributed by atoms with Crippen LogP contribution in [0.4, 0.5) is 0 Å². The molecule has 0 aliphatic rings. The molecule has 54 valence electrons. The van der Waals surface area contributed by atoms with Crippen LogP contribution in [0.1, 0.15) is 18.2 Å². The summed E-state index contributed by atoms with van der Waals surface area (Å²) in [6.07, 6.45) is 1.01. The molecule has 1 N–H and O–H groups in total. The Morgan fingerprint density at radius 3 is 2.70 bits per heavy atom. The van der Waals surface area contributed by atoms with Crippen molar-refractivity contribution in [2.45, 2.75) is 20.3 Å². The second kappa shape index (κ2) is 2.97. The van der Waals surface area contributed by atoms with Crippen molar-refractivity contribution in [1.29, 1.82) is 0 Å². The van der Waals surface area contributed by atoms with Gasteiger partial charge in [-0.1, -0.05) is 25.2 Å². The normalized spacial score (nSPS) is 9.80. The Balaban J connectivity index is 3.20. The van der Waals surface area contributed by atoms with Crippen molar-refractivity contribution in [3.63, 3.8) is 0 Å². The lowest BCUT2D eigenvalue weighted by atomic mass is 10.2. The molecular formula is C8H11NS. The molecule has 0 aliphatic heterocycles. The number of aromatic nitrogens is 1. The maximum Gasteiger partial charge on any atom is 0.106 e. The van der Waals surface area contributed by atoms with Gasteiger partial charge in [-0.3, -0.25) is 0 Å². The predicted molar refractivity (Wildman–Crippen MR) is 45.7 cm³/mol. The zero-order valence-corrected chi connectivity index (χ0v) is 7.09. The van der Waals surface area contributed by atoms with Crippen LogP contribution in [0.3, 0.4) is 0 Å². The Morgan fingerprint density at radius 2 is 2.20 bits per heavy atom. The summed E-state index contributed by atoms with van der Waals surface area (Å²) in [5, 5.41) is 0. The van der Waals surface area contributed by atoms with E-state index in [4.69, 9.17) is 12.2 Å². The third kappa shape index (κ3) is 1.45. The molecule has 0 unspecified atom stereocenters. The lowest BCUT2D eigenvalue weighted by Gasteiger charge is -1.97. The van der Waals surface area contributed by atoms with E-state index in [1.54, 1.807) is 0 Å². The van der Waals surface area contributed by atoms with E-state index in [0.717, 1.165) is 16.8 Å². The average Bonchev–Trinajstić information content (AvgIpc) is 1.88. The van der Waals surface area contributed by atoms with E-state index in [1.165, 1.54) is 5.56 Å². The highest BCUT2D eigenvalue weighted by atomic mass is 32.1. The second-order valence-electron chi connectivity index (χ2n) is 2.35. The Labute approximate surface area is 66.1 Å². The van der Waals surface area contributed by atoms with Gasteiger partial charge in [-0.05, 0) is 25.0 Å². The fourth-order valence-corrected chi connectivity index (χ4v) is 1.25. The minimum atomic E-state index is 0.877. The average molecular weight is 153 g/mol. The molecule has 1 nitrogen and oxygen atoms in total. The molecule has 1 aromatic heterocycles. The highest BCUT2D eigenvalue weighted by molar-refractivity contribution is 7.71. The molecule has 1 aromatic rings. The Hall–Kier alpha value is -0.630. The minimum Gasteiger partial charge on any atom is -0.350 e. The fraction of sp³-hybridized carbons (Fsp3) is 0.375. The van der Waals surface area contributed by atoms with E-state index in [1.807, 2.05) is 6.92 Å².